The van der Waals surface area contributed by atoms with Crippen LogP contribution in [0.4, 0.5) is 18.9 Å². The zero-order valence-corrected chi connectivity index (χ0v) is 15.7. The summed E-state index contributed by atoms with van der Waals surface area (Å²) < 4.78 is 65.0. The number of hydrogen-bond acceptors (Lipinski definition) is 4. The summed E-state index contributed by atoms with van der Waals surface area (Å²) >= 11 is 0. The minimum atomic E-state index is -3.84. The fourth-order valence-electron chi connectivity index (χ4n) is 3.25. The SMILES string of the molecule is Cc1cc(S(=O)(=O)c2ccnc(F)c2)ccc1NCC1CCC(F)(F)CC1. The second-order valence-electron chi connectivity index (χ2n) is 6.97. The van der Waals surface area contributed by atoms with Gasteiger partial charge in [0.1, 0.15) is 0 Å². The lowest BCUT2D eigenvalue weighted by molar-refractivity contribution is -0.0443. The largest absolute Gasteiger partial charge is 0.385 e. The maximum Gasteiger partial charge on any atom is 0.248 e. The van der Waals surface area contributed by atoms with Crippen molar-refractivity contribution in [3.63, 3.8) is 0 Å². The van der Waals surface area contributed by atoms with Crippen LogP contribution in [0.15, 0.2) is 46.3 Å². The molecule has 1 saturated carbocycles. The molecule has 2 aromatic rings. The lowest BCUT2D eigenvalue weighted by Crippen LogP contribution is -2.28. The summed E-state index contributed by atoms with van der Waals surface area (Å²) in [6.07, 6.45) is 1.88. The van der Waals surface area contributed by atoms with E-state index in [-0.39, 0.29) is 28.6 Å². The Morgan fingerprint density at radius 3 is 2.44 bits per heavy atom. The van der Waals surface area contributed by atoms with Crippen LogP contribution in [-0.4, -0.2) is 25.9 Å². The van der Waals surface area contributed by atoms with Gasteiger partial charge in [0.15, 0.2) is 0 Å². The van der Waals surface area contributed by atoms with Crippen LogP contribution >= 0.6 is 0 Å². The van der Waals surface area contributed by atoms with Gasteiger partial charge in [-0.3, -0.25) is 0 Å². The molecular formula is C19H21F3N2O2S. The Hall–Kier alpha value is -2.09. The van der Waals surface area contributed by atoms with Crippen LogP contribution in [0.1, 0.15) is 31.2 Å². The number of nitrogens with zero attached hydrogens (tertiary/aromatic N) is 1. The molecule has 0 spiro atoms. The molecule has 0 amide bonds. The predicted octanol–water partition coefficient (Wildman–Crippen LogP) is 4.60. The van der Waals surface area contributed by atoms with Gasteiger partial charge in [0.05, 0.1) is 9.79 Å². The van der Waals surface area contributed by atoms with Crippen molar-refractivity contribution in [3.8, 4) is 0 Å². The number of benzene rings is 1. The quantitative estimate of drug-likeness (QED) is 0.748. The molecule has 0 atom stereocenters. The highest BCUT2D eigenvalue weighted by molar-refractivity contribution is 7.91. The number of nitrogens with one attached hydrogen (secondary N) is 1. The summed E-state index contributed by atoms with van der Waals surface area (Å²) in [6, 6.07) is 6.76. The second kappa shape index (κ2) is 7.50. The normalized spacial score (nSPS) is 17.6. The summed E-state index contributed by atoms with van der Waals surface area (Å²) in [5.74, 6) is -3.23. The Morgan fingerprint density at radius 2 is 1.81 bits per heavy atom. The van der Waals surface area contributed by atoms with Crippen molar-refractivity contribution in [3.05, 3.63) is 48.0 Å². The van der Waals surface area contributed by atoms with Crippen molar-refractivity contribution >= 4 is 15.5 Å². The van der Waals surface area contributed by atoms with Gasteiger partial charge in [-0.25, -0.2) is 22.2 Å². The molecular weight excluding hydrogens is 377 g/mol. The first-order valence-corrected chi connectivity index (χ1v) is 10.2. The summed E-state index contributed by atoms with van der Waals surface area (Å²) in [7, 11) is -3.84. The summed E-state index contributed by atoms with van der Waals surface area (Å²) in [6.45, 7) is 2.34. The maximum absolute atomic E-state index is 13.2. The third-order valence-corrected chi connectivity index (χ3v) is 6.68. The zero-order chi connectivity index (χ0) is 19.7. The molecule has 0 unspecified atom stereocenters. The van der Waals surface area contributed by atoms with E-state index >= 15 is 0 Å². The van der Waals surface area contributed by atoms with Gasteiger partial charge in [0, 0.05) is 37.3 Å². The molecule has 1 aliphatic carbocycles. The summed E-state index contributed by atoms with van der Waals surface area (Å²) in [5.41, 5.74) is 1.47. The van der Waals surface area contributed by atoms with E-state index in [0.29, 0.717) is 24.9 Å². The van der Waals surface area contributed by atoms with E-state index in [4.69, 9.17) is 0 Å². The molecule has 0 aliphatic heterocycles. The first kappa shape index (κ1) is 19.7. The number of pyridine rings is 1. The standard InChI is InChI=1S/C19H21F3N2O2S/c1-13-10-15(27(25,26)16-6-9-23-18(20)11-16)2-3-17(13)24-12-14-4-7-19(21,22)8-5-14/h2-3,6,9-11,14,24H,4-5,7-8,12H2,1H3. The van der Waals surface area contributed by atoms with Crippen LogP contribution < -0.4 is 5.32 Å². The predicted molar refractivity (Wildman–Crippen MR) is 96.2 cm³/mol. The van der Waals surface area contributed by atoms with E-state index in [0.717, 1.165) is 18.0 Å². The molecule has 1 aliphatic rings. The molecule has 1 N–H and O–H groups in total. The monoisotopic (exact) mass is 398 g/mol. The van der Waals surface area contributed by atoms with Crippen LogP contribution in [0, 0.1) is 18.8 Å². The molecule has 1 aromatic heterocycles. The molecule has 0 radical (unpaired) electrons. The average Bonchev–Trinajstić information content (AvgIpc) is 2.61. The van der Waals surface area contributed by atoms with Crippen LogP contribution in [0.3, 0.4) is 0 Å². The number of aromatic nitrogens is 1. The number of rotatable bonds is 5. The van der Waals surface area contributed by atoms with Gasteiger partial charge in [0.25, 0.3) is 0 Å². The highest BCUT2D eigenvalue weighted by Crippen LogP contribution is 2.36. The molecule has 0 bridgehead atoms. The molecule has 27 heavy (non-hydrogen) atoms. The maximum atomic E-state index is 13.2. The van der Waals surface area contributed by atoms with Gasteiger partial charge in [-0.2, -0.15) is 4.39 Å². The number of anilines is 1. The van der Waals surface area contributed by atoms with Crippen molar-refractivity contribution in [1.82, 2.24) is 4.98 Å². The number of aryl methyl sites for hydroxylation is 1. The highest BCUT2D eigenvalue weighted by Gasteiger charge is 2.34. The molecule has 1 heterocycles. The first-order chi connectivity index (χ1) is 12.7. The van der Waals surface area contributed by atoms with Crippen LogP contribution in [0.25, 0.3) is 0 Å². The fraction of sp³-hybridized carbons (Fsp3) is 0.421. The molecule has 3 rings (SSSR count). The fourth-order valence-corrected chi connectivity index (χ4v) is 4.59. The lowest BCUT2D eigenvalue weighted by atomic mass is 9.87. The van der Waals surface area contributed by atoms with Gasteiger partial charge in [-0.05, 0) is 55.5 Å². The number of sulfone groups is 1. The minimum Gasteiger partial charge on any atom is -0.385 e. The Morgan fingerprint density at radius 1 is 1.15 bits per heavy atom. The van der Waals surface area contributed by atoms with E-state index in [2.05, 4.69) is 10.3 Å². The highest BCUT2D eigenvalue weighted by atomic mass is 32.2. The van der Waals surface area contributed by atoms with Gasteiger partial charge in [-0.15, -0.1) is 0 Å². The zero-order valence-electron chi connectivity index (χ0n) is 14.9. The lowest BCUT2D eigenvalue weighted by Gasteiger charge is -2.28. The summed E-state index contributed by atoms with van der Waals surface area (Å²) in [5, 5.41) is 3.23. The van der Waals surface area contributed by atoms with Crippen LogP contribution in [0.2, 0.25) is 0 Å². The number of halogens is 3. The van der Waals surface area contributed by atoms with Crippen molar-refractivity contribution in [2.24, 2.45) is 5.92 Å². The Bertz CT molecular complexity index is 922. The Balaban J connectivity index is 1.71. The molecule has 1 aromatic carbocycles. The molecule has 8 heteroatoms. The van der Waals surface area contributed by atoms with E-state index in [1.54, 1.807) is 13.0 Å². The third kappa shape index (κ3) is 4.61. The topological polar surface area (TPSA) is 59.1 Å². The van der Waals surface area contributed by atoms with E-state index in [1.807, 2.05) is 0 Å². The van der Waals surface area contributed by atoms with Gasteiger partial charge in [-0.1, -0.05) is 0 Å². The van der Waals surface area contributed by atoms with Crippen molar-refractivity contribution in [1.29, 1.82) is 0 Å². The molecule has 1 fully saturated rings. The van der Waals surface area contributed by atoms with Crippen LogP contribution in [-0.2, 0) is 9.84 Å². The second-order valence-corrected chi connectivity index (χ2v) is 8.92. The number of alkyl halides is 2. The smallest absolute Gasteiger partial charge is 0.248 e. The molecule has 146 valence electrons. The summed E-state index contributed by atoms with van der Waals surface area (Å²) in [4.78, 5) is 3.28. The van der Waals surface area contributed by atoms with Crippen molar-refractivity contribution in [2.45, 2.75) is 48.3 Å². The number of hydrogen-bond donors (Lipinski definition) is 1. The Kier molecular flexibility index (Phi) is 5.46. The average molecular weight is 398 g/mol. The molecule has 0 saturated heterocycles. The third-order valence-electron chi connectivity index (χ3n) is 4.93. The van der Waals surface area contributed by atoms with Gasteiger partial charge < -0.3 is 5.32 Å². The Labute approximate surface area is 156 Å². The van der Waals surface area contributed by atoms with E-state index < -0.39 is 21.7 Å². The van der Waals surface area contributed by atoms with Gasteiger partial charge in [0.2, 0.25) is 21.7 Å². The van der Waals surface area contributed by atoms with Crippen LogP contribution in [0.5, 0.6) is 0 Å². The van der Waals surface area contributed by atoms with Gasteiger partial charge >= 0.3 is 0 Å². The molecule has 4 nitrogen and oxygen atoms in total. The minimum absolute atomic E-state index is 0.0634. The van der Waals surface area contributed by atoms with Crippen molar-refractivity contribution < 1.29 is 21.6 Å². The first-order valence-electron chi connectivity index (χ1n) is 8.76. The van der Waals surface area contributed by atoms with Crippen molar-refractivity contribution in [2.75, 3.05) is 11.9 Å². The van der Waals surface area contributed by atoms with E-state index in [1.165, 1.54) is 18.2 Å². The van der Waals surface area contributed by atoms with E-state index in [9.17, 15) is 21.6 Å².